The molecule has 0 spiro atoms. The van der Waals surface area contributed by atoms with Crippen LogP contribution in [-0.2, 0) is 48.1 Å². The van der Waals surface area contributed by atoms with Gasteiger partial charge >= 0.3 is 28.3 Å². The quantitative estimate of drug-likeness (QED) is 0.188. The van der Waals surface area contributed by atoms with Gasteiger partial charge in [0.25, 0.3) is 0 Å². The van der Waals surface area contributed by atoms with E-state index < -0.39 is 14.0 Å². The molecule has 4 aliphatic heterocycles. The van der Waals surface area contributed by atoms with Gasteiger partial charge in [-0.1, -0.05) is 116 Å². The average molecular weight is 1070 g/mol. The molecule has 0 aromatic heterocycles. The van der Waals surface area contributed by atoms with Crippen molar-refractivity contribution in [2.24, 2.45) is 0 Å². The lowest BCUT2D eigenvalue weighted by molar-refractivity contribution is 0.00578. The Labute approximate surface area is 433 Å². The molecule has 0 N–H and O–H groups in total. The van der Waals surface area contributed by atoms with Crippen LogP contribution in [0.3, 0.4) is 0 Å². The average Bonchev–Trinajstić information content (AvgIpc) is 3.89. The molecule has 10 rings (SSSR count). The molecule has 0 unspecified atom stereocenters. The molecule has 0 saturated carbocycles. The molecule has 4 fully saturated rings. The second-order valence-corrected chi connectivity index (χ2v) is 26.5. The van der Waals surface area contributed by atoms with Gasteiger partial charge in [0, 0.05) is 19.8 Å². The summed E-state index contributed by atoms with van der Waals surface area (Å²) in [6.07, 6.45) is 0. The van der Waals surface area contributed by atoms with Crippen LogP contribution in [-0.4, -0.2) is 73.1 Å². The minimum atomic E-state index is -0.476. The van der Waals surface area contributed by atoms with Crippen molar-refractivity contribution in [3.05, 3.63) is 104 Å². The molecule has 8 nitrogen and oxygen atoms in total. The van der Waals surface area contributed by atoms with E-state index in [2.05, 4.69) is 188 Å². The number of halogens is 2. The summed E-state index contributed by atoms with van der Waals surface area (Å²) in [6, 6.07) is 26.4. The molecule has 370 valence electrons. The molecular weight excluding hydrogens is 992 g/mol. The van der Waals surface area contributed by atoms with Gasteiger partial charge in [0.15, 0.2) is 0 Å². The van der Waals surface area contributed by atoms with Crippen molar-refractivity contribution in [1.82, 2.24) is 0 Å². The summed E-state index contributed by atoms with van der Waals surface area (Å²) in [7, 11) is -1.67. The second kappa shape index (κ2) is 17.4. The first-order valence-corrected chi connectivity index (χ1v) is 25.8. The van der Waals surface area contributed by atoms with Gasteiger partial charge in [-0.2, -0.15) is 0 Å². The summed E-state index contributed by atoms with van der Waals surface area (Å²) in [5.41, 5.74) is 9.89. The van der Waals surface area contributed by atoms with Gasteiger partial charge in [0.05, 0.1) is 44.8 Å². The number of rotatable bonds is 3. The highest BCUT2D eigenvalue weighted by molar-refractivity contribution is 9.10. The van der Waals surface area contributed by atoms with E-state index in [0.717, 1.165) is 19.9 Å². The Hall–Kier alpha value is -2.22. The Kier molecular flexibility index (Phi) is 13.8. The first-order valence-electron chi connectivity index (χ1n) is 24.3. The molecule has 6 aliphatic rings. The van der Waals surface area contributed by atoms with Crippen LogP contribution in [0.5, 0.6) is 0 Å². The summed E-state index contributed by atoms with van der Waals surface area (Å²) < 4.78 is 51.4. The lowest BCUT2D eigenvalue weighted by Crippen LogP contribution is -2.41. The fourth-order valence-electron chi connectivity index (χ4n) is 9.71. The molecule has 0 bridgehead atoms. The minimum Gasteiger partial charge on any atom is -0.405 e. The van der Waals surface area contributed by atoms with E-state index in [1.807, 2.05) is 55.4 Å². The largest absolute Gasteiger partial charge is 0.494 e. The Balaban J connectivity index is 0.000000166. The highest BCUT2D eigenvalue weighted by Gasteiger charge is 2.64. The maximum atomic E-state index is 6.33. The van der Waals surface area contributed by atoms with Crippen LogP contribution < -0.4 is 10.9 Å². The zero-order chi connectivity index (χ0) is 50.4. The molecule has 0 atom stereocenters. The normalized spacial score (nSPS) is 24.3. The van der Waals surface area contributed by atoms with Gasteiger partial charge in [0.1, 0.15) is 0 Å². The van der Waals surface area contributed by atoms with Gasteiger partial charge in [-0.3, -0.25) is 0 Å². The SMILES string of the molecule is C.CC1(C)OB(B2OC(C)(C)C(C)(C)O2)OC1(C)C.CC1(C)c2cc(B3OC(C)(C)C(C)(C)O3)ccc2-c2ccc(B3OC(C)(C)C(C)(C)O3)cc21.CC1(C)c2cc(Br)ccc2-c2ccc(Br)cc21. The maximum Gasteiger partial charge on any atom is 0.494 e. The predicted molar refractivity (Wildman–Crippen MR) is 294 cm³/mol. The molecule has 14 heteroatoms. The molecule has 2 aliphatic carbocycles. The van der Waals surface area contributed by atoms with E-state index in [0.29, 0.717) is 0 Å². The van der Waals surface area contributed by atoms with Crippen molar-refractivity contribution in [2.75, 3.05) is 0 Å². The Morgan fingerprint density at radius 3 is 0.783 bits per heavy atom. The summed E-state index contributed by atoms with van der Waals surface area (Å²) in [5, 5.41) is 0. The van der Waals surface area contributed by atoms with Crippen molar-refractivity contribution < 1.29 is 37.2 Å². The molecule has 4 aromatic rings. The Bertz CT molecular complexity index is 2400. The molecule has 69 heavy (non-hydrogen) atoms. The standard InChI is InChI=1S/C27H36B2O4.C15H12Br2.C12H24B2O4.CH4/c1-23(2)21-15-17(28-30-24(3,4)25(5,6)31-28)11-13-19(21)20-14-12-18(16-22(20)23)29-32-26(7,8)27(9,10)33-29;1-15(2)13-7-9(16)3-5-11(13)12-6-4-10(17)8-14(12)15;1-9(2)10(3,4)16-13(15-9)14-17-11(5,6)12(7,8)18-14;/h11-16H,1-10H3;3-8H,1-2H3;1-8H3;1H4. The lowest BCUT2D eigenvalue weighted by Gasteiger charge is -2.32. The zero-order valence-electron chi connectivity index (χ0n) is 44.3. The van der Waals surface area contributed by atoms with E-state index in [9.17, 15) is 0 Å². The van der Waals surface area contributed by atoms with Crippen LogP contribution in [0.2, 0.25) is 0 Å². The number of hydrogen-bond acceptors (Lipinski definition) is 8. The fraction of sp³-hybridized carbons (Fsp3) is 0.564. The van der Waals surface area contributed by atoms with Gasteiger partial charge in [-0.25, -0.2) is 0 Å². The van der Waals surface area contributed by atoms with Crippen LogP contribution in [0.25, 0.3) is 22.3 Å². The van der Waals surface area contributed by atoms with Crippen molar-refractivity contribution in [3.8, 4) is 22.3 Å². The van der Waals surface area contributed by atoms with Crippen molar-refractivity contribution in [2.45, 2.75) is 202 Å². The van der Waals surface area contributed by atoms with Gasteiger partial charge in [0.2, 0.25) is 0 Å². The first kappa shape index (κ1) is 54.6. The lowest BCUT2D eigenvalue weighted by atomic mass is 9.49. The highest BCUT2D eigenvalue weighted by Crippen LogP contribution is 2.51. The first-order chi connectivity index (χ1) is 30.9. The molecule has 0 radical (unpaired) electrons. The second-order valence-electron chi connectivity index (χ2n) is 24.7. The van der Waals surface area contributed by atoms with Gasteiger partial charge < -0.3 is 37.2 Å². The van der Waals surface area contributed by atoms with Crippen molar-refractivity contribution in [3.63, 3.8) is 0 Å². The van der Waals surface area contributed by atoms with E-state index in [4.69, 9.17) is 37.2 Å². The maximum absolute atomic E-state index is 6.33. The van der Waals surface area contributed by atoms with Crippen LogP contribution >= 0.6 is 31.9 Å². The fourth-order valence-corrected chi connectivity index (χ4v) is 10.4. The summed E-state index contributed by atoms with van der Waals surface area (Å²) in [4.78, 5) is 0. The molecule has 4 heterocycles. The Morgan fingerprint density at radius 1 is 0.304 bits per heavy atom. The van der Waals surface area contributed by atoms with Crippen LogP contribution in [0.1, 0.15) is 168 Å². The summed E-state index contributed by atoms with van der Waals surface area (Å²) in [5.74, 6) is 0. The number of fused-ring (bicyclic) bond motifs is 6. The summed E-state index contributed by atoms with van der Waals surface area (Å²) >= 11 is 7.13. The highest BCUT2D eigenvalue weighted by atomic mass is 79.9. The third-order valence-electron chi connectivity index (χ3n) is 17.1. The third kappa shape index (κ3) is 9.28. The van der Waals surface area contributed by atoms with Crippen LogP contribution in [0.4, 0.5) is 0 Å². The van der Waals surface area contributed by atoms with E-state index in [-0.39, 0.29) is 77.3 Å². The summed E-state index contributed by atoms with van der Waals surface area (Å²) in [6.45, 7) is 42.1. The molecule has 4 aromatic carbocycles. The van der Waals surface area contributed by atoms with E-state index >= 15 is 0 Å². The minimum absolute atomic E-state index is 0. The van der Waals surface area contributed by atoms with Crippen LogP contribution in [0, 0.1) is 0 Å². The molecule has 0 amide bonds. The van der Waals surface area contributed by atoms with Gasteiger partial charge in [-0.15, -0.1) is 0 Å². The third-order valence-corrected chi connectivity index (χ3v) is 18.1. The predicted octanol–water partition coefficient (Wildman–Crippen LogP) is 13.0. The monoisotopic (exact) mass is 1070 g/mol. The zero-order valence-corrected chi connectivity index (χ0v) is 47.4. The molecular formula is C55H76B4Br2O8. The number of hydrogen-bond donors (Lipinski definition) is 0. The van der Waals surface area contributed by atoms with Crippen molar-refractivity contribution in [1.29, 1.82) is 0 Å². The van der Waals surface area contributed by atoms with Crippen molar-refractivity contribution >= 4 is 71.0 Å². The topological polar surface area (TPSA) is 73.8 Å². The smallest absolute Gasteiger partial charge is 0.405 e. The van der Waals surface area contributed by atoms with Crippen LogP contribution in [0.15, 0.2) is 81.7 Å². The van der Waals surface area contributed by atoms with Gasteiger partial charge in [-0.05, 0) is 190 Å². The van der Waals surface area contributed by atoms with E-state index in [1.54, 1.807) is 0 Å². The van der Waals surface area contributed by atoms with E-state index in [1.165, 1.54) is 44.5 Å². The Morgan fingerprint density at radius 2 is 0.522 bits per heavy atom. The number of benzene rings is 4. The molecule has 4 saturated heterocycles.